The zero-order valence-corrected chi connectivity index (χ0v) is 17.5. The lowest BCUT2D eigenvalue weighted by Crippen LogP contribution is -2.29. The lowest BCUT2D eigenvalue weighted by Gasteiger charge is -2.26. The molecule has 2 fully saturated rings. The van der Waals surface area contributed by atoms with Crippen LogP contribution in [0.1, 0.15) is 24.6 Å². The Morgan fingerprint density at radius 3 is 2.93 bits per heavy atom. The Morgan fingerprint density at radius 2 is 2.13 bits per heavy atom. The predicted molar refractivity (Wildman–Crippen MR) is 114 cm³/mol. The highest BCUT2D eigenvalue weighted by Crippen LogP contribution is 2.55. The van der Waals surface area contributed by atoms with E-state index in [0.717, 1.165) is 45.7 Å². The van der Waals surface area contributed by atoms with Crippen molar-refractivity contribution in [2.45, 2.75) is 24.9 Å². The van der Waals surface area contributed by atoms with Crippen molar-refractivity contribution in [2.75, 3.05) is 4.90 Å². The van der Waals surface area contributed by atoms with E-state index in [4.69, 9.17) is 16.1 Å². The number of halogens is 1. The fourth-order valence-corrected chi connectivity index (χ4v) is 5.28. The molecule has 2 aliphatic rings. The fourth-order valence-electron chi connectivity index (χ4n) is 4.41. The number of nitrogens with zero attached hydrogens (tertiary/aromatic N) is 5. The Bertz CT molecular complexity index is 1310. The summed E-state index contributed by atoms with van der Waals surface area (Å²) in [6, 6.07) is 7.75. The SMILES string of the molecule is Cn1c(-c2cc[nH]c(=O)c2)nnc1N1[C@@H](c2cc(-c3csc(Cl)c3)on2)C[C@H]2C[C@H]21. The molecule has 4 aromatic heterocycles. The maximum atomic E-state index is 11.7. The first-order chi connectivity index (χ1) is 14.6. The van der Waals surface area contributed by atoms with E-state index >= 15 is 0 Å². The molecule has 1 saturated carbocycles. The van der Waals surface area contributed by atoms with Crippen molar-refractivity contribution in [3.05, 3.63) is 56.2 Å². The summed E-state index contributed by atoms with van der Waals surface area (Å²) in [4.78, 5) is 16.6. The number of pyridine rings is 1. The molecular weight excluding hydrogens is 424 g/mol. The van der Waals surface area contributed by atoms with Gasteiger partial charge in [-0.2, -0.15) is 0 Å². The van der Waals surface area contributed by atoms with Gasteiger partial charge in [-0.05, 0) is 30.9 Å². The van der Waals surface area contributed by atoms with Crippen molar-refractivity contribution >= 4 is 28.9 Å². The number of aromatic nitrogens is 5. The van der Waals surface area contributed by atoms with Crippen molar-refractivity contribution in [3.8, 4) is 22.7 Å². The molecule has 4 aromatic rings. The molecule has 1 aliphatic carbocycles. The summed E-state index contributed by atoms with van der Waals surface area (Å²) in [7, 11) is 1.93. The average molecular weight is 441 g/mol. The summed E-state index contributed by atoms with van der Waals surface area (Å²) >= 11 is 7.53. The van der Waals surface area contributed by atoms with Gasteiger partial charge >= 0.3 is 0 Å². The second-order valence-corrected chi connectivity index (χ2v) is 9.34. The normalized spacial score (nSPS) is 22.5. The van der Waals surface area contributed by atoms with E-state index in [0.29, 0.717) is 17.8 Å². The molecule has 1 aliphatic heterocycles. The first kappa shape index (κ1) is 17.9. The van der Waals surface area contributed by atoms with Crippen LogP contribution in [0.3, 0.4) is 0 Å². The van der Waals surface area contributed by atoms with Gasteiger partial charge in [0.05, 0.1) is 10.4 Å². The molecule has 0 unspecified atom stereocenters. The third-order valence-corrected chi connectivity index (χ3v) is 7.03. The zero-order chi connectivity index (χ0) is 20.4. The van der Waals surface area contributed by atoms with Crippen LogP contribution in [0.4, 0.5) is 5.95 Å². The van der Waals surface area contributed by atoms with Gasteiger partial charge in [0, 0.05) is 47.9 Å². The standard InChI is InChI=1S/C20H17ClN6O2S/c1-26-19(10-2-3-22-18(28)7-10)23-24-20(26)27-14-4-11(14)5-15(27)13-8-16(29-25-13)12-6-17(21)30-9-12/h2-3,6-9,11,14-15H,4-5H2,1H3,(H,22,28)/t11-,14-,15-/m1/s1. The third-order valence-electron chi connectivity index (χ3n) is 5.94. The van der Waals surface area contributed by atoms with Crippen molar-refractivity contribution < 1.29 is 4.52 Å². The first-order valence-electron chi connectivity index (χ1n) is 9.66. The third kappa shape index (κ3) is 2.80. The van der Waals surface area contributed by atoms with E-state index in [1.54, 1.807) is 6.20 Å². The molecule has 30 heavy (non-hydrogen) atoms. The van der Waals surface area contributed by atoms with Crippen molar-refractivity contribution in [1.82, 2.24) is 24.9 Å². The molecule has 0 bridgehead atoms. The lowest BCUT2D eigenvalue weighted by atomic mass is 10.1. The molecule has 0 spiro atoms. The Hall–Kier alpha value is -2.91. The summed E-state index contributed by atoms with van der Waals surface area (Å²) in [6.07, 6.45) is 3.78. The average Bonchev–Trinajstić information content (AvgIpc) is 3.16. The fraction of sp³-hybridized carbons (Fsp3) is 0.300. The Kier molecular flexibility index (Phi) is 3.91. The van der Waals surface area contributed by atoms with Gasteiger partial charge in [-0.15, -0.1) is 21.5 Å². The van der Waals surface area contributed by atoms with E-state index < -0.39 is 0 Å². The maximum absolute atomic E-state index is 11.7. The number of H-pyrrole nitrogens is 1. The van der Waals surface area contributed by atoms with Crippen molar-refractivity contribution in [1.29, 1.82) is 0 Å². The van der Waals surface area contributed by atoms with Crippen LogP contribution in [0, 0.1) is 5.92 Å². The number of thiophene rings is 1. The predicted octanol–water partition coefficient (Wildman–Crippen LogP) is 3.88. The van der Waals surface area contributed by atoms with Crippen molar-refractivity contribution in [3.63, 3.8) is 0 Å². The van der Waals surface area contributed by atoms with Gasteiger partial charge in [0.1, 0.15) is 5.69 Å². The van der Waals surface area contributed by atoms with Crippen LogP contribution >= 0.6 is 22.9 Å². The van der Waals surface area contributed by atoms with Gasteiger partial charge < -0.3 is 14.4 Å². The zero-order valence-electron chi connectivity index (χ0n) is 15.9. The number of nitrogens with one attached hydrogen (secondary N) is 1. The number of anilines is 1. The summed E-state index contributed by atoms with van der Waals surface area (Å²) in [5, 5.41) is 15.2. The highest BCUT2D eigenvalue weighted by Gasteiger charge is 2.54. The van der Waals surface area contributed by atoms with Gasteiger partial charge in [0.2, 0.25) is 11.5 Å². The van der Waals surface area contributed by atoms with Crippen molar-refractivity contribution in [2.24, 2.45) is 13.0 Å². The lowest BCUT2D eigenvalue weighted by molar-refractivity contribution is 0.412. The molecule has 6 rings (SSSR count). The summed E-state index contributed by atoms with van der Waals surface area (Å²) in [6.45, 7) is 0. The molecular formula is C20H17ClN6O2S. The minimum atomic E-state index is -0.165. The molecule has 152 valence electrons. The van der Waals surface area contributed by atoms with Gasteiger partial charge in [-0.25, -0.2) is 0 Å². The van der Waals surface area contributed by atoms with Crippen LogP contribution in [0.2, 0.25) is 4.34 Å². The Labute approximate surface area is 180 Å². The van der Waals surface area contributed by atoms with Crippen LogP contribution in [0.15, 0.2) is 45.2 Å². The first-order valence-corrected chi connectivity index (χ1v) is 10.9. The molecule has 3 atom stereocenters. The minimum Gasteiger partial charge on any atom is -0.356 e. The number of rotatable bonds is 4. The number of aromatic amines is 1. The second-order valence-electron chi connectivity index (χ2n) is 7.80. The molecule has 10 heteroatoms. The number of fused-ring (bicyclic) bond motifs is 1. The molecule has 1 saturated heterocycles. The van der Waals surface area contributed by atoms with E-state index in [1.165, 1.54) is 17.4 Å². The maximum Gasteiger partial charge on any atom is 0.248 e. The molecule has 0 amide bonds. The Balaban J connectivity index is 1.36. The summed E-state index contributed by atoms with van der Waals surface area (Å²) in [5.74, 6) is 2.79. The molecule has 0 aromatic carbocycles. The number of hydrogen-bond acceptors (Lipinski definition) is 7. The molecule has 0 radical (unpaired) electrons. The molecule has 8 nitrogen and oxygen atoms in total. The van der Waals surface area contributed by atoms with Crippen LogP contribution < -0.4 is 10.5 Å². The van der Waals surface area contributed by atoms with Gasteiger partial charge in [0.15, 0.2) is 11.6 Å². The van der Waals surface area contributed by atoms with Gasteiger partial charge in [-0.1, -0.05) is 16.8 Å². The summed E-state index contributed by atoms with van der Waals surface area (Å²) in [5.41, 5.74) is 2.40. The highest BCUT2D eigenvalue weighted by molar-refractivity contribution is 7.14. The van der Waals surface area contributed by atoms with Gasteiger partial charge in [0.25, 0.3) is 0 Å². The van der Waals surface area contributed by atoms with E-state index in [1.807, 2.05) is 35.2 Å². The minimum absolute atomic E-state index is 0.0790. The number of piperidine rings is 1. The molecule has 5 heterocycles. The van der Waals surface area contributed by atoms with E-state index in [-0.39, 0.29) is 11.6 Å². The topological polar surface area (TPSA) is 92.8 Å². The van der Waals surface area contributed by atoms with E-state index in [9.17, 15) is 4.79 Å². The Morgan fingerprint density at radius 1 is 1.23 bits per heavy atom. The smallest absolute Gasteiger partial charge is 0.248 e. The van der Waals surface area contributed by atoms with Gasteiger partial charge in [-0.3, -0.25) is 9.36 Å². The monoisotopic (exact) mass is 440 g/mol. The van der Waals surface area contributed by atoms with E-state index in [2.05, 4.69) is 25.2 Å². The summed E-state index contributed by atoms with van der Waals surface area (Å²) < 4.78 is 8.29. The van der Waals surface area contributed by atoms with Crippen LogP contribution in [-0.4, -0.2) is 30.9 Å². The van der Waals surface area contributed by atoms with Crippen LogP contribution in [0.25, 0.3) is 22.7 Å². The van der Waals surface area contributed by atoms with Crippen LogP contribution in [-0.2, 0) is 7.05 Å². The largest absolute Gasteiger partial charge is 0.356 e. The number of hydrogen-bond donors (Lipinski definition) is 1. The second kappa shape index (κ2) is 6.55. The quantitative estimate of drug-likeness (QED) is 0.517. The highest BCUT2D eigenvalue weighted by atomic mass is 35.5. The van der Waals surface area contributed by atoms with Crippen LogP contribution in [0.5, 0.6) is 0 Å². The molecule has 1 N–H and O–H groups in total.